The van der Waals surface area contributed by atoms with Gasteiger partial charge in [-0.1, -0.05) is 6.92 Å². The highest BCUT2D eigenvalue weighted by molar-refractivity contribution is 5.98. The Morgan fingerprint density at radius 1 is 1.41 bits per heavy atom. The standard InChI is InChI=1S/C15H18N2O5/c1-2-13(18)11-5-3-4-8-16(11)15(20)10-6-7-14(19)12(9-10)17(21)22/h6-7,9,11,19H,2-5,8H2,1H3/t11-/m1/s1. The lowest BCUT2D eigenvalue weighted by atomic mass is 9.96. The highest BCUT2D eigenvalue weighted by Crippen LogP contribution is 2.28. The van der Waals surface area contributed by atoms with Crippen LogP contribution in [0.4, 0.5) is 5.69 Å². The van der Waals surface area contributed by atoms with Crippen LogP contribution in [0.15, 0.2) is 18.2 Å². The molecule has 7 heteroatoms. The maximum atomic E-state index is 12.6. The summed E-state index contributed by atoms with van der Waals surface area (Å²) in [5.41, 5.74) is -0.401. The van der Waals surface area contributed by atoms with Crippen LogP contribution in [-0.2, 0) is 4.79 Å². The summed E-state index contributed by atoms with van der Waals surface area (Å²) < 4.78 is 0. The fourth-order valence-electron chi connectivity index (χ4n) is 2.71. The Morgan fingerprint density at radius 2 is 2.14 bits per heavy atom. The SMILES string of the molecule is CCC(=O)[C@H]1CCCCN1C(=O)c1ccc(O)c([N+](=O)[O-])c1. The number of nitro groups is 1. The molecule has 1 aliphatic rings. The topological polar surface area (TPSA) is 101 Å². The van der Waals surface area contributed by atoms with Crippen molar-refractivity contribution in [3.63, 3.8) is 0 Å². The van der Waals surface area contributed by atoms with Crippen LogP contribution in [-0.4, -0.2) is 39.2 Å². The van der Waals surface area contributed by atoms with E-state index in [2.05, 4.69) is 0 Å². The van der Waals surface area contributed by atoms with Crippen LogP contribution in [0.2, 0.25) is 0 Å². The fourth-order valence-corrected chi connectivity index (χ4v) is 2.71. The first-order valence-electron chi connectivity index (χ1n) is 7.26. The van der Waals surface area contributed by atoms with Gasteiger partial charge in [0.2, 0.25) is 0 Å². The molecule has 0 unspecified atom stereocenters. The first-order valence-corrected chi connectivity index (χ1v) is 7.26. The molecule has 0 saturated carbocycles. The minimum Gasteiger partial charge on any atom is -0.502 e. The average molecular weight is 306 g/mol. The van der Waals surface area contributed by atoms with E-state index in [0.29, 0.717) is 19.4 Å². The summed E-state index contributed by atoms with van der Waals surface area (Å²) in [5, 5.41) is 20.3. The number of benzene rings is 1. The first kappa shape index (κ1) is 15.9. The molecule has 1 heterocycles. The van der Waals surface area contributed by atoms with Gasteiger partial charge in [0.05, 0.1) is 11.0 Å². The second-order valence-electron chi connectivity index (χ2n) is 5.29. The maximum absolute atomic E-state index is 12.6. The third kappa shape index (κ3) is 3.08. The molecule has 1 atom stereocenters. The lowest BCUT2D eigenvalue weighted by Crippen LogP contribution is -2.47. The van der Waals surface area contributed by atoms with Crippen molar-refractivity contribution >= 4 is 17.4 Å². The number of Topliss-reactive ketones (excluding diaryl/α,β-unsaturated/α-hetero) is 1. The summed E-state index contributed by atoms with van der Waals surface area (Å²) in [5.74, 6) is -0.891. The molecule has 1 aromatic rings. The number of hydrogen-bond acceptors (Lipinski definition) is 5. The fraction of sp³-hybridized carbons (Fsp3) is 0.467. The molecule has 0 aliphatic carbocycles. The number of hydrogen-bond donors (Lipinski definition) is 1. The maximum Gasteiger partial charge on any atom is 0.311 e. The van der Waals surface area contributed by atoms with Gasteiger partial charge in [0, 0.05) is 24.6 Å². The molecule has 1 aliphatic heterocycles. The number of piperidine rings is 1. The van der Waals surface area contributed by atoms with Crippen molar-refractivity contribution in [2.45, 2.75) is 38.6 Å². The number of nitro benzene ring substituents is 1. The van der Waals surface area contributed by atoms with Gasteiger partial charge in [0.1, 0.15) is 0 Å². The van der Waals surface area contributed by atoms with Crippen LogP contribution >= 0.6 is 0 Å². The zero-order chi connectivity index (χ0) is 16.3. The minimum absolute atomic E-state index is 0.00123. The number of nitrogens with zero attached hydrogens (tertiary/aromatic N) is 2. The molecule has 22 heavy (non-hydrogen) atoms. The first-order chi connectivity index (χ1) is 10.5. The zero-order valence-electron chi connectivity index (χ0n) is 12.3. The van der Waals surface area contributed by atoms with Gasteiger partial charge < -0.3 is 10.0 Å². The molecular formula is C15H18N2O5. The van der Waals surface area contributed by atoms with E-state index in [9.17, 15) is 24.8 Å². The predicted octanol–water partition coefficient (Wildman–Crippen LogP) is 2.27. The van der Waals surface area contributed by atoms with Crippen molar-refractivity contribution in [2.24, 2.45) is 0 Å². The molecule has 1 aromatic carbocycles. The average Bonchev–Trinajstić information content (AvgIpc) is 2.53. The Hall–Kier alpha value is -2.44. The van der Waals surface area contributed by atoms with Crippen molar-refractivity contribution in [3.8, 4) is 5.75 Å². The predicted molar refractivity (Wildman–Crippen MR) is 78.7 cm³/mol. The molecule has 1 amide bonds. The lowest BCUT2D eigenvalue weighted by molar-refractivity contribution is -0.385. The number of likely N-dealkylation sites (tertiary alicyclic amines) is 1. The smallest absolute Gasteiger partial charge is 0.311 e. The molecule has 0 bridgehead atoms. The van der Waals surface area contributed by atoms with Crippen molar-refractivity contribution in [2.75, 3.05) is 6.54 Å². The van der Waals surface area contributed by atoms with Crippen molar-refractivity contribution in [1.82, 2.24) is 4.90 Å². The number of amides is 1. The largest absolute Gasteiger partial charge is 0.502 e. The Kier molecular flexibility index (Phi) is 4.75. The number of ketones is 1. The van der Waals surface area contributed by atoms with E-state index < -0.39 is 28.3 Å². The molecule has 0 aromatic heterocycles. The van der Waals surface area contributed by atoms with Crippen LogP contribution in [0.5, 0.6) is 5.75 Å². The summed E-state index contributed by atoms with van der Waals surface area (Å²) in [6.07, 6.45) is 2.66. The van der Waals surface area contributed by atoms with Crippen molar-refractivity contribution < 1.29 is 19.6 Å². The van der Waals surface area contributed by atoms with Gasteiger partial charge in [0.15, 0.2) is 11.5 Å². The Bertz CT molecular complexity index is 614. The van der Waals surface area contributed by atoms with Gasteiger partial charge in [0.25, 0.3) is 5.91 Å². The minimum atomic E-state index is -0.739. The Balaban J connectivity index is 2.31. The van der Waals surface area contributed by atoms with Gasteiger partial charge >= 0.3 is 5.69 Å². The Labute approximate surface area is 127 Å². The molecule has 1 N–H and O–H groups in total. The van der Waals surface area contributed by atoms with Crippen LogP contribution < -0.4 is 0 Å². The summed E-state index contributed by atoms with van der Waals surface area (Å²) in [6, 6.07) is 3.07. The zero-order valence-corrected chi connectivity index (χ0v) is 12.3. The third-order valence-corrected chi connectivity index (χ3v) is 3.90. The van der Waals surface area contributed by atoms with Gasteiger partial charge in [-0.25, -0.2) is 0 Å². The number of aromatic hydroxyl groups is 1. The second kappa shape index (κ2) is 6.55. The molecule has 1 saturated heterocycles. The summed E-state index contributed by atoms with van der Waals surface area (Å²) in [6.45, 7) is 2.22. The molecule has 7 nitrogen and oxygen atoms in total. The van der Waals surface area contributed by atoms with Gasteiger partial charge in [-0.15, -0.1) is 0 Å². The third-order valence-electron chi connectivity index (χ3n) is 3.90. The van der Waals surface area contributed by atoms with E-state index in [4.69, 9.17) is 0 Å². The summed E-state index contributed by atoms with van der Waals surface area (Å²) in [4.78, 5) is 36.2. The van der Waals surface area contributed by atoms with Crippen molar-refractivity contribution in [3.05, 3.63) is 33.9 Å². The molecule has 1 fully saturated rings. The number of carbonyl (C=O) groups is 2. The quantitative estimate of drug-likeness (QED) is 0.679. The van der Waals surface area contributed by atoms with Gasteiger partial charge in [-0.05, 0) is 31.4 Å². The van der Waals surface area contributed by atoms with E-state index in [1.165, 1.54) is 11.0 Å². The number of rotatable bonds is 4. The Morgan fingerprint density at radius 3 is 2.77 bits per heavy atom. The van der Waals surface area contributed by atoms with Crippen LogP contribution in [0.25, 0.3) is 0 Å². The molecular weight excluding hydrogens is 288 g/mol. The van der Waals surface area contributed by atoms with E-state index in [1.54, 1.807) is 6.92 Å². The van der Waals surface area contributed by atoms with E-state index in [1.807, 2.05) is 0 Å². The summed E-state index contributed by atoms with van der Waals surface area (Å²) >= 11 is 0. The van der Waals surface area contributed by atoms with E-state index in [0.717, 1.165) is 25.0 Å². The van der Waals surface area contributed by atoms with E-state index >= 15 is 0 Å². The molecule has 118 valence electrons. The lowest BCUT2D eigenvalue weighted by Gasteiger charge is -2.34. The van der Waals surface area contributed by atoms with Crippen molar-refractivity contribution in [1.29, 1.82) is 0 Å². The highest BCUT2D eigenvalue weighted by atomic mass is 16.6. The molecule has 0 radical (unpaired) electrons. The van der Waals surface area contributed by atoms with Gasteiger partial charge in [-0.3, -0.25) is 19.7 Å². The number of phenolic OH excluding ortho intramolecular Hbond substituents is 1. The van der Waals surface area contributed by atoms with Crippen LogP contribution in [0.1, 0.15) is 43.0 Å². The molecule has 2 rings (SSSR count). The second-order valence-corrected chi connectivity index (χ2v) is 5.29. The molecule has 0 spiro atoms. The summed E-state index contributed by atoms with van der Waals surface area (Å²) in [7, 11) is 0. The monoisotopic (exact) mass is 306 g/mol. The van der Waals surface area contributed by atoms with Gasteiger partial charge in [-0.2, -0.15) is 0 Å². The van der Waals surface area contributed by atoms with Crippen LogP contribution in [0.3, 0.4) is 0 Å². The normalized spacial score (nSPS) is 18.0. The van der Waals surface area contributed by atoms with E-state index in [-0.39, 0.29) is 11.3 Å². The number of phenols is 1. The highest BCUT2D eigenvalue weighted by Gasteiger charge is 2.32. The van der Waals surface area contributed by atoms with Crippen LogP contribution in [0, 0.1) is 10.1 Å². The number of carbonyl (C=O) groups excluding carboxylic acids is 2.